The Labute approximate surface area is 122 Å². The number of thiocarbonyl (C=S) groups is 1. The number of benzene rings is 1. The van der Waals surface area contributed by atoms with Crippen LogP contribution in [-0.4, -0.2) is 28.9 Å². The molecule has 2 amide bonds. The van der Waals surface area contributed by atoms with Gasteiger partial charge in [-0.3, -0.25) is 19.8 Å². The lowest BCUT2D eigenvalue weighted by Crippen LogP contribution is -2.52. The van der Waals surface area contributed by atoms with E-state index in [-0.39, 0.29) is 16.6 Å². The van der Waals surface area contributed by atoms with Gasteiger partial charge in [0, 0.05) is 7.05 Å². The number of carbonyl (C=O) groups excluding carboxylic acids is 2. The highest BCUT2D eigenvalue weighted by Gasteiger charge is 2.30. The number of rotatable bonds is 2. The van der Waals surface area contributed by atoms with Crippen LogP contribution in [0.5, 0.6) is 0 Å². The van der Waals surface area contributed by atoms with Crippen molar-refractivity contribution >= 4 is 35.2 Å². The van der Waals surface area contributed by atoms with E-state index < -0.39 is 5.91 Å². The zero-order valence-electron chi connectivity index (χ0n) is 11.2. The van der Waals surface area contributed by atoms with Crippen LogP contribution < -0.4 is 5.32 Å². The molecule has 1 aromatic carbocycles. The van der Waals surface area contributed by atoms with Crippen molar-refractivity contribution in [3.63, 3.8) is 0 Å². The maximum atomic E-state index is 12.0. The van der Waals surface area contributed by atoms with E-state index in [2.05, 4.69) is 5.32 Å². The number of nitrogens with zero attached hydrogens (tertiary/aromatic N) is 1. The lowest BCUT2D eigenvalue weighted by molar-refractivity contribution is -0.128. The monoisotopic (exact) mass is 286 g/mol. The van der Waals surface area contributed by atoms with Crippen LogP contribution in [-0.2, 0) is 9.59 Å². The minimum absolute atomic E-state index is 0.0887. The fourth-order valence-electron chi connectivity index (χ4n) is 1.83. The molecule has 0 bridgehead atoms. The Morgan fingerprint density at radius 1 is 1.25 bits per heavy atom. The average Bonchev–Trinajstić information content (AvgIpc) is 2.42. The van der Waals surface area contributed by atoms with Crippen molar-refractivity contribution in [2.24, 2.45) is 0 Å². The average molecular weight is 286 g/mol. The van der Waals surface area contributed by atoms with E-state index in [1.54, 1.807) is 6.08 Å². The van der Waals surface area contributed by atoms with Gasteiger partial charge in [-0.2, -0.15) is 0 Å². The quantitative estimate of drug-likeness (QED) is 0.513. The van der Waals surface area contributed by atoms with Crippen LogP contribution in [0.2, 0.25) is 0 Å². The van der Waals surface area contributed by atoms with Gasteiger partial charge in [0.2, 0.25) is 0 Å². The molecule has 20 heavy (non-hydrogen) atoms. The van der Waals surface area contributed by atoms with Crippen LogP contribution in [0, 0.1) is 0 Å². The molecule has 0 unspecified atom stereocenters. The molecule has 0 saturated carbocycles. The van der Waals surface area contributed by atoms with Gasteiger partial charge < -0.3 is 0 Å². The molecule has 1 saturated heterocycles. The Hall–Kier alpha value is -2.27. The molecule has 102 valence electrons. The lowest BCUT2D eigenvalue weighted by Gasteiger charge is -2.25. The van der Waals surface area contributed by atoms with Gasteiger partial charge in [0.1, 0.15) is 5.57 Å². The highest BCUT2D eigenvalue weighted by Crippen LogP contribution is 2.13. The predicted molar refractivity (Wildman–Crippen MR) is 81.7 cm³/mol. The fraction of sp³-hybridized carbons (Fsp3) is 0.133. The normalized spacial score (nSPS) is 18.5. The Morgan fingerprint density at radius 3 is 2.55 bits per heavy atom. The summed E-state index contributed by atoms with van der Waals surface area (Å²) in [6.45, 7) is 1.84. The van der Waals surface area contributed by atoms with Crippen molar-refractivity contribution in [1.82, 2.24) is 10.2 Å². The first-order valence-corrected chi connectivity index (χ1v) is 6.48. The number of amides is 2. The minimum atomic E-state index is -0.459. The molecule has 1 fully saturated rings. The number of carbonyl (C=O) groups is 2. The van der Waals surface area contributed by atoms with E-state index >= 15 is 0 Å². The summed E-state index contributed by atoms with van der Waals surface area (Å²) in [4.78, 5) is 25.1. The van der Waals surface area contributed by atoms with Gasteiger partial charge in [0.15, 0.2) is 5.11 Å². The van der Waals surface area contributed by atoms with Crippen molar-refractivity contribution in [2.45, 2.75) is 6.92 Å². The van der Waals surface area contributed by atoms with Crippen LogP contribution in [0.25, 0.3) is 6.08 Å². The second-order valence-corrected chi connectivity index (χ2v) is 4.87. The fourth-order valence-corrected chi connectivity index (χ4v) is 2.00. The molecule has 1 aliphatic heterocycles. The summed E-state index contributed by atoms with van der Waals surface area (Å²) in [5.74, 6) is -0.849. The second-order valence-electron chi connectivity index (χ2n) is 4.48. The predicted octanol–water partition coefficient (Wildman–Crippen LogP) is 1.89. The van der Waals surface area contributed by atoms with E-state index in [0.29, 0.717) is 0 Å². The van der Waals surface area contributed by atoms with Gasteiger partial charge in [-0.1, -0.05) is 36.4 Å². The van der Waals surface area contributed by atoms with E-state index in [9.17, 15) is 9.59 Å². The van der Waals surface area contributed by atoms with Gasteiger partial charge in [-0.05, 0) is 36.4 Å². The SMILES string of the molecule is CC(=C\c1ccccc1)/C=C1\C(=O)NC(=S)N(C)C1=O. The smallest absolute Gasteiger partial charge is 0.265 e. The Bertz CT molecular complexity index is 633. The van der Waals surface area contributed by atoms with Crippen LogP contribution in [0.4, 0.5) is 0 Å². The van der Waals surface area contributed by atoms with Crippen molar-refractivity contribution in [3.05, 3.63) is 53.1 Å². The standard InChI is InChI=1S/C15H14N2O2S/c1-10(8-11-6-4-3-5-7-11)9-12-13(18)16-15(20)17(2)14(12)19/h3-9H,1-2H3,(H,16,18,20)/b10-8+,12-9+. The molecule has 0 radical (unpaired) electrons. The number of likely N-dealkylation sites (N-methyl/N-ethyl adjacent to an activating group) is 1. The van der Waals surface area contributed by atoms with Crippen LogP contribution in [0.3, 0.4) is 0 Å². The molecule has 0 spiro atoms. The Morgan fingerprint density at radius 2 is 1.90 bits per heavy atom. The van der Waals surface area contributed by atoms with Gasteiger partial charge in [0.05, 0.1) is 0 Å². The molecular formula is C15H14N2O2S. The van der Waals surface area contributed by atoms with Crippen LogP contribution in [0.15, 0.2) is 47.6 Å². The third kappa shape index (κ3) is 3.00. The van der Waals surface area contributed by atoms with Gasteiger partial charge in [0.25, 0.3) is 11.8 Å². The number of nitrogens with one attached hydrogen (secondary N) is 1. The third-order valence-corrected chi connectivity index (χ3v) is 3.25. The maximum absolute atomic E-state index is 12.0. The van der Waals surface area contributed by atoms with Crippen molar-refractivity contribution in [3.8, 4) is 0 Å². The van der Waals surface area contributed by atoms with E-state index in [0.717, 1.165) is 11.1 Å². The van der Waals surface area contributed by atoms with E-state index in [1.165, 1.54) is 11.9 Å². The first kappa shape index (κ1) is 14.1. The molecule has 2 rings (SSSR count). The first-order chi connectivity index (χ1) is 9.49. The molecule has 4 nitrogen and oxygen atoms in total. The highest BCUT2D eigenvalue weighted by atomic mass is 32.1. The van der Waals surface area contributed by atoms with Crippen LogP contribution >= 0.6 is 12.2 Å². The van der Waals surface area contributed by atoms with Gasteiger partial charge in [-0.25, -0.2) is 0 Å². The summed E-state index contributed by atoms with van der Waals surface area (Å²) < 4.78 is 0. The zero-order chi connectivity index (χ0) is 14.7. The third-order valence-electron chi connectivity index (χ3n) is 2.87. The highest BCUT2D eigenvalue weighted by molar-refractivity contribution is 7.80. The van der Waals surface area contributed by atoms with E-state index in [1.807, 2.05) is 43.3 Å². The molecule has 0 aromatic heterocycles. The molecule has 0 aliphatic carbocycles. The topological polar surface area (TPSA) is 49.4 Å². The minimum Gasteiger partial charge on any atom is -0.298 e. The number of allylic oxidation sites excluding steroid dienone is 2. The summed E-state index contributed by atoms with van der Waals surface area (Å²) >= 11 is 4.89. The van der Waals surface area contributed by atoms with E-state index in [4.69, 9.17) is 12.2 Å². The Kier molecular flexibility index (Phi) is 4.10. The molecule has 1 aromatic rings. The van der Waals surface area contributed by atoms with Crippen molar-refractivity contribution < 1.29 is 9.59 Å². The molecule has 1 aliphatic rings. The summed E-state index contributed by atoms with van der Waals surface area (Å²) in [6, 6.07) is 9.69. The Balaban J connectivity index is 2.30. The molecule has 5 heteroatoms. The molecule has 0 atom stereocenters. The first-order valence-electron chi connectivity index (χ1n) is 6.07. The summed E-state index contributed by atoms with van der Waals surface area (Å²) in [7, 11) is 1.54. The van der Waals surface area contributed by atoms with Gasteiger partial charge in [-0.15, -0.1) is 0 Å². The van der Waals surface area contributed by atoms with Gasteiger partial charge >= 0.3 is 0 Å². The molecular weight excluding hydrogens is 272 g/mol. The van der Waals surface area contributed by atoms with Crippen molar-refractivity contribution in [1.29, 1.82) is 0 Å². The number of hydrogen-bond acceptors (Lipinski definition) is 3. The second kappa shape index (κ2) is 5.79. The van der Waals surface area contributed by atoms with Crippen LogP contribution in [0.1, 0.15) is 12.5 Å². The molecule has 1 heterocycles. The zero-order valence-corrected chi connectivity index (χ0v) is 12.0. The summed E-state index contributed by atoms with van der Waals surface area (Å²) in [6.07, 6.45) is 3.48. The van der Waals surface area contributed by atoms with Crippen molar-refractivity contribution in [2.75, 3.05) is 7.05 Å². The summed E-state index contributed by atoms with van der Waals surface area (Å²) in [5.41, 5.74) is 1.91. The largest absolute Gasteiger partial charge is 0.298 e. The maximum Gasteiger partial charge on any atom is 0.265 e. The lowest BCUT2D eigenvalue weighted by atomic mass is 10.1. The summed E-state index contributed by atoms with van der Waals surface area (Å²) in [5, 5.41) is 2.61. The number of hydrogen-bond donors (Lipinski definition) is 1. The molecule has 1 N–H and O–H groups in total.